The molecule has 5 aromatic rings. The van der Waals surface area contributed by atoms with Crippen molar-refractivity contribution in [3.05, 3.63) is 171 Å². The lowest BCUT2D eigenvalue weighted by molar-refractivity contribution is 0.289. The van der Waals surface area contributed by atoms with Crippen molar-refractivity contribution in [1.29, 1.82) is 0 Å². The first-order valence-electron chi connectivity index (χ1n) is 24.1. The van der Waals surface area contributed by atoms with Crippen LogP contribution in [-0.2, 0) is 46.7 Å². The zero-order valence-corrected chi connectivity index (χ0v) is 44.2. The Morgan fingerprint density at radius 1 is 0.530 bits per heavy atom. The van der Waals surface area contributed by atoms with Crippen LogP contribution in [0.4, 0.5) is 0 Å². The maximum atomic E-state index is 7.41. The normalized spacial score (nSPS) is 15.0. The van der Waals surface area contributed by atoms with Gasteiger partial charge in [-0.1, -0.05) is 193 Å². The molecule has 0 aliphatic heterocycles. The smallest absolute Gasteiger partial charge is 0.126 e. The molecule has 0 saturated heterocycles. The van der Waals surface area contributed by atoms with Gasteiger partial charge in [0.05, 0.1) is 20.8 Å². The molecule has 0 amide bonds. The van der Waals surface area contributed by atoms with Gasteiger partial charge in [-0.2, -0.15) is 0 Å². The third-order valence-electron chi connectivity index (χ3n) is 13.3. The van der Waals surface area contributed by atoms with Crippen LogP contribution in [0, 0.1) is 11.3 Å². The first-order valence-corrected chi connectivity index (χ1v) is 25.7. The van der Waals surface area contributed by atoms with E-state index in [2.05, 4.69) is 206 Å². The van der Waals surface area contributed by atoms with Crippen molar-refractivity contribution in [3.8, 4) is 17.2 Å². The van der Waals surface area contributed by atoms with E-state index >= 15 is 0 Å². The van der Waals surface area contributed by atoms with Gasteiger partial charge in [0.25, 0.3) is 0 Å². The summed E-state index contributed by atoms with van der Waals surface area (Å²) >= 11 is 0. The number of methoxy groups -OCH3 is 2. The average molecular weight is 909 g/mol. The highest BCUT2D eigenvalue weighted by molar-refractivity contribution is 7.72. The predicted octanol–water partition coefficient (Wildman–Crippen LogP) is 14.9. The highest BCUT2D eigenvalue weighted by Gasteiger charge is 2.29. The molecule has 4 nitrogen and oxygen atoms in total. The standard InChI is InChI=1S/C61H79O4P/c1-17-64-57-46-31-43(30-41(2)58(3,4)5)54(62-15)29-28-42-34-49(59(6,7)8)38-47(56(42)65-40-66(52-24-20-18-21-25-52)53-26-22-19-23-27-53)32-44-35-50(60(9,10)11)36-45(55(44)63-16)33-48(57)39-51(37-46)61(12,13)14/h18-27,29-30,34-39,41H,17,28,31-33,40H2,1-16H3/i15+1,16+1. The van der Waals surface area contributed by atoms with Gasteiger partial charge in [-0.15, -0.1) is 0 Å². The molecule has 5 heteroatoms. The Morgan fingerprint density at radius 3 is 1.33 bits per heavy atom. The van der Waals surface area contributed by atoms with Gasteiger partial charge in [0.15, 0.2) is 0 Å². The fourth-order valence-corrected chi connectivity index (χ4v) is 10.7. The van der Waals surface area contributed by atoms with Gasteiger partial charge in [-0.3, -0.25) is 0 Å². The molecule has 6 bridgehead atoms. The van der Waals surface area contributed by atoms with Crippen LogP contribution in [0.3, 0.4) is 0 Å². The van der Waals surface area contributed by atoms with Crippen LogP contribution in [0.15, 0.2) is 121 Å². The second-order valence-corrected chi connectivity index (χ2v) is 24.6. The van der Waals surface area contributed by atoms with Crippen molar-refractivity contribution in [1.82, 2.24) is 0 Å². The first-order chi connectivity index (χ1) is 31.0. The van der Waals surface area contributed by atoms with Crippen molar-refractivity contribution in [2.75, 3.05) is 27.2 Å². The number of hydrogen-bond donors (Lipinski definition) is 0. The van der Waals surface area contributed by atoms with Gasteiger partial charge in [0, 0.05) is 19.3 Å². The van der Waals surface area contributed by atoms with E-state index in [1.807, 2.05) is 14.2 Å². The average Bonchev–Trinajstić information content (AvgIpc) is 3.24. The fraction of sp³-hybridized carbons (Fsp3) is 0.443. The summed E-state index contributed by atoms with van der Waals surface area (Å²) in [5, 5.41) is 2.58. The van der Waals surface area contributed by atoms with Crippen LogP contribution in [0.5, 0.6) is 17.2 Å². The van der Waals surface area contributed by atoms with Crippen LogP contribution >= 0.6 is 7.92 Å². The molecule has 1 atom stereocenters. The summed E-state index contributed by atoms with van der Waals surface area (Å²) in [5.41, 5.74) is 11.7. The minimum Gasteiger partial charge on any atom is -0.497 e. The van der Waals surface area contributed by atoms with Crippen molar-refractivity contribution < 1.29 is 18.9 Å². The maximum Gasteiger partial charge on any atom is 0.126 e. The van der Waals surface area contributed by atoms with E-state index in [0.717, 1.165) is 50.8 Å². The van der Waals surface area contributed by atoms with E-state index in [1.54, 1.807) is 0 Å². The minimum absolute atomic E-state index is 0.0431. The molecule has 0 fully saturated rings. The van der Waals surface area contributed by atoms with E-state index in [1.165, 1.54) is 38.4 Å². The highest BCUT2D eigenvalue weighted by atomic mass is 31.1. The molecule has 0 radical (unpaired) electrons. The maximum absolute atomic E-state index is 7.41. The zero-order chi connectivity index (χ0) is 48.2. The SMILES string of the molecule is CCOc1c2cc(C(C)(C)C)cc1Cc1cc(C(C)(C)C)cc(c1O[13CH3])Cc1cc(C(C)(C)C)cc(c1OCP(c1ccccc1)c1ccccc1)CC=C(O[13CH3])C(=CC(C)C(C)(C)C)C2. The Morgan fingerprint density at radius 2 is 0.939 bits per heavy atom. The van der Waals surface area contributed by atoms with Gasteiger partial charge in [0.1, 0.15) is 29.4 Å². The van der Waals surface area contributed by atoms with E-state index in [0.29, 0.717) is 38.6 Å². The molecule has 5 aromatic carbocycles. The number of ether oxygens (including phenoxy) is 4. The Kier molecular flexibility index (Phi) is 15.8. The quantitative estimate of drug-likeness (QED) is 0.103. The summed E-state index contributed by atoms with van der Waals surface area (Å²) in [6.45, 7) is 32.7. The van der Waals surface area contributed by atoms with Crippen molar-refractivity contribution in [2.45, 2.75) is 139 Å². The third kappa shape index (κ3) is 12.2. The van der Waals surface area contributed by atoms with Crippen LogP contribution in [0.1, 0.15) is 147 Å². The van der Waals surface area contributed by atoms with Crippen LogP contribution < -0.4 is 24.8 Å². The number of hydrogen-bond acceptors (Lipinski definition) is 4. The molecule has 0 spiro atoms. The van der Waals surface area contributed by atoms with Gasteiger partial charge < -0.3 is 18.9 Å². The van der Waals surface area contributed by atoms with Crippen LogP contribution in [0.25, 0.3) is 0 Å². The van der Waals surface area contributed by atoms with Crippen LogP contribution in [0.2, 0.25) is 0 Å². The van der Waals surface area contributed by atoms with Crippen molar-refractivity contribution in [2.24, 2.45) is 11.3 Å². The van der Waals surface area contributed by atoms with Gasteiger partial charge in [-0.25, -0.2) is 0 Å². The second kappa shape index (κ2) is 20.6. The summed E-state index contributed by atoms with van der Waals surface area (Å²) < 4.78 is 27.3. The first kappa shape index (κ1) is 50.6. The van der Waals surface area contributed by atoms with Crippen molar-refractivity contribution in [3.63, 3.8) is 0 Å². The fourth-order valence-electron chi connectivity index (χ4n) is 8.73. The summed E-state index contributed by atoms with van der Waals surface area (Å²) in [5.74, 6) is 3.97. The predicted molar refractivity (Wildman–Crippen MR) is 283 cm³/mol. The Labute approximate surface area is 401 Å². The zero-order valence-electron chi connectivity index (χ0n) is 43.3. The molecule has 0 aromatic heterocycles. The molecular weight excluding hydrogens is 830 g/mol. The number of allylic oxidation sites excluding steroid dienone is 3. The third-order valence-corrected chi connectivity index (χ3v) is 15.5. The lowest BCUT2D eigenvalue weighted by Crippen LogP contribution is -2.19. The molecule has 66 heavy (non-hydrogen) atoms. The lowest BCUT2D eigenvalue weighted by atomic mass is 9.79. The topological polar surface area (TPSA) is 36.9 Å². The monoisotopic (exact) mass is 909 g/mol. The summed E-state index contributed by atoms with van der Waals surface area (Å²) in [4.78, 5) is 0. The number of fused-ring (bicyclic) bond motifs is 6. The Hall–Kier alpha value is -4.79. The van der Waals surface area contributed by atoms with Gasteiger partial charge in [0.2, 0.25) is 0 Å². The van der Waals surface area contributed by atoms with Crippen molar-refractivity contribution >= 4 is 18.5 Å². The largest absolute Gasteiger partial charge is 0.497 e. The summed E-state index contributed by atoms with van der Waals surface area (Å²) in [6.07, 6.45) is 7.88. The summed E-state index contributed by atoms with van der Waals surface area (Å²) in [7, 11) is 2.83. The molecule has 1 unspecified atom stereocenters. The second-order valence-electron chi connectivity index (χ2n) is 22.5. The van der Waals surface area contributed by atoms with E-state index in [-0.39, 0.29) is 27.6 Å². The Balaban J connectivity index is 1.70. The Bertz CT molecular complexity index is 2460. The molecule has 0 heterocycles. The van der Waals surface area contributed by atoms with Gasteiger partial charge >= 0.3 is 0 Å². The molecule has 0 saturated carbocycles. The highest BCUT2D eigenvalue weighted by Crippen LogP contribution is 2.44. The molecule has 352 valence electrons. The van der Waals surface area contributed by atoms with Gasteiger partial charge in [-0.05, 0) is 121 Å². The molecule has 1 aliphatic rings. The molecule has 6 rings (SSSR count). The van der Waals surface area contributed by atoms with E-state index < -0.39 is 7.92 Å². The summed E-state index contributed by atoms with van der Waals surface area (Å²) in [6, 6.07) is 36.1. The minimum atomic E-state index is -0.831. The molecule has 1 aliphatic carbocycles. The molecule has 0 N–H and O–H groups in total. The van der Waals surface area contributed by atoms with E-state index in [9.17, 15) is 0 Å². The number of benzene rings is 5. The number of rotatable bonds is 10. The van der Waals surface area contributed by atoms with Crippen LogP contribution in [-0.4, -0.2) is 27.2 Å². The lowest BCUT2D eigenvalue weighted by Gasteiger charge is -2.29. The van der Waals surface area contributed by atoms with E-state index in [4.69, 9.17) is 18.9 Å². The molecular formula is C61H79O4P.